The van der Waals surface area contributed by atoms with Gasteiger partial charge in [0.1, 0.15) is 6.54 Å². The maximum absolute atomic E-state index is 12.0. The Hall–Kier alpha value is -1.55. The van der Waals surface area contributed by atoms with Crippen molar-refractivity contribution >= 4 is 35.9 Å². The second-order valence-corrected chi connectivity index (χ2v) is 6.28. The third kappa shape index (κ3) is 7.92. The Labute approximate surface area is 166 Å². The monoisotopic (exact) mass is 428 g/mol. The highest BCUT2D eigenvalue weighted by Crippen LogP contribution is 2.28. The summed E-state index contributed by atoms with van der Waals surface area (Å²) in [6.45, 7) is 0.962. The van der Waals surface area contributed by atoms with E-state index in [1.165, 1.54) is 0 Å². The van der Waals surface area contributed by atoms with Crippen LogP contribution in [0.5, 0.6) is 0 Å². The average molecular weight is 429 g/mol. The summed E-state index contributed by atoms with van der Waals surface area (Å²) >= 11 is 6.25. The predicted octanol–water partition coefficient (Wildman–Crippen LogP) is 2.49. The summed E-state index contributed by atoms with van der Waals surface area (Å²) < 4.78 is 36.1. The summed E-state index contributed by atoms with van der Waals surface area (Å²) in [7, 11) is 0. The lowest BCUT2D eigenvalue weighted by molar-refractivity contribution is -0.124. The van der Waals surface area contributed by atoms with Crippen molar-refractivity contribution in [2.24, 2.45) is 0 Å². The van der Waals surface area contributed by atoms with Gasteiger partial charge in [-0.2, -0.15) is 13.2 Å². The molecule has 0 spiro atoms. The molecule has 1 unspecified atom stereocenters. The quantitative estimate of drug-likeness (QED) is 0.673. The largest absolute Gasteiger partial charge is 0.405 e. The van der Waals surface area contributed by atoms with Gasteiger partial charge in [0, 0.05) is 43.7 Å². The van der Waals surface area contributed by atoms with Crippen molar-refractivity contribution in [2.45, 2.75) is 18.6 Å². The lowest BCUT2D eigenvalue weighted by Gasteiger charge is -2.36. The van der Waals surface area contributed by atoms with Crippen LogP contribution in [0, 0.1) is 0 Å². The Kier molecular flexibility index (Phi) is 9.31. The third-order valence-corrected chi connectivity index (χ3v) is 4.29. The van der Waals surface area contributed by atoms with Gasteiger partial charge < -0.3 is 10.6 Å². The first kappa shape index (κ1) is 23.5. The lowest BCUT2D eigenvalue weighted by atomic mass is 10.0. The van der Waals surface area contributed by atoms with Crippen molar-refractivity contribution in [1.29, 1.82) is 0 Å². The second-order valence-electron chi connectivity index (χ2n) is 5.87. The molecule has 1 aromatic carbocycles. The number of hydrogen-bond donors (Lipinski definition) is 3. The number of halogens is 5. The van der Waals surface area contributed by atoms with Gasteiger partial charge in [-0.1, -0.05) is 29.8 Å². The number of rotatable bonds is 5. The number of piperazine rings is 1. The van der Waals surface area contributed by atoms with E-state index in [-0.39, 0.29) is 24.9 Å². The summed E-state index contributed by atoms with van der Waals surface area (Å²) in [5.74, 6) is -0.638. The van der Waals surface area contributed by atoms with Crippen LogP contribution in [0.4, 0.5) is 18.0 Å². The fourth-order valence-electron chi connectivity index (χ4n) is 2.72. The van der Waals surface area contributed by atoms with Gasteiger partial charge in [0.15, 0.2) is 0 Å². The molecule has 0 aromatic heterocycles. The van der Waals surface area contributed by atoms with E-state index >= 15 is 0 Å². The van der Waals surface area contributed by atoms with Crippen LogP contribution in [0.15, 0.2) is 24.3 Å². The number of carbonyl (C=O) groups excluding carboxylic acids is 2. The van der Waals surface area contributed by atoms with E-state index in [0.29, 0.717) is 24.7 Å². The molecule has 1 saturated heterocycles. The van der Waals surface area contributed by atoms with E-state index in [1.54, 1.807) is 11.4 Å². The standard InChI is InChI=1S/C16H20ClF3N4O2.ClH/c17-12-4-2-1-3-11(12)13-9-21-6-8-24(13)7-5-14(25)23-15(26)22-10-16(18,19)20;/h1-4,13,21H,5-10H2,(H2,22,23,25,26);1H. The van der Waals surface area contributed by atoms with E-state index in [9.17, 15) is 22.8 Å². The maximum Gasteiger partial charge on any atom is 0.405 e. The maximum atomic E-state index is 12.0. The van der Waals surface area contributed by atoms with Gasteiger partial charge in [-0.15, -0.1) is 12.4 Å². The third-order valence-electron chi connectivity index (χ3n) is 3.95. The topological polar surface area (TPSA) is 73.5 Å². The molecule has 2 rings (SSSR count). The Morgan fingerprint density at radius 1 is 1.30 bits per heavy atom. The fraction of sp³-hybridized carbons (Fsp3) is 0.500. The van der Waals surface area contributed by atoms with Crippen LogP contribution in [0.3, 0.4) is 0 Å². The highest BCUT2D eigenvalue weighted by atomic mass is 35.5. The molecule has 1 aliphatic heterocycles. The van der Waals surface area contributed by atoms with E-state index in [2.05, 4.69) is 10.2 Å². The van der Waals surface area contributed by atoms with Gasteiger partial charge in [0.2, 0.25) is 5.91 Å². The molecule has 1 aliphatic rings. The highest BCUT2D eigenvalue weighted by molar-refractivity contribution is 6.31. The average Bonchev–Trinajstić information content (AvgIpc) is 2.58. The van der Waals surface area contributed by atoms with Gasteiger partial charge in [-0.3, -0.25) is 15.0 Å². The van der Waals surface area contributed by atoms with Crippen LogP contribution < -0.4 is 16.0 Å². The smallest absolute Gasteiger partial charge is 0.329 e. The number of nitrogens with zero attached hydrogens (tertiary/aromatic N) is 1. The molecule has 27 heavy (non-hydrogen) atoms. The molecule has 3 N–H and O–H groups in total. The first-order chi connectivity index (χ1) is 12.3. The minimum atomic E-state index is -4.52. The molecule has 1 atom stereocenters. The number of benzene rings is 1. The van der Waals surface area contributed by atoms with E-state index < -0.39 is 24.7 Å². The second kappa shape index (κ2) is 10.7. The number of urea groups is 1. The fourth-order valence-corrected chi connectivity index (χ4v) is 2.99. The van der Waals surface area contributed by atoms with Crippen molar-refractivity contribution in [1.82, 2.24) is 20.9 Å². The molecule has 1 heterocycles. The van der Waals surface area contributed by atoms with Gasteiger partial charge in [0.25, 0.3) is 0 Å². The zero-order valence-electron chi connectivity index (χ0n) is 14.3. The van der Waals surface area contributed by atoms with Gasteiger partial charge in [-0.25, -0.2) is 4.79 Å². The Balaban J connectivity index is 0.00000364. The first-order valence-corrected chi connectivity index (χ1v) is 8.47. The summed E-state index contributed by atoms with van der Waals surface area (Å²) in [4.78, 5) is 25.2. The molecule has 6 nitrogen and oxygen atoms in total. The van der Waals surface area contributed by atoms with E-state index in [1.807, 2.05) is 23.5 Å². The van der Waals surface area contributed by atoms with Gasteiger partial charge in [0.05, 0.1) is 0 Å². The van der Waals surface area contributed by atoms with E-state index in [0.717, 1.165) is 12.1 Å². The molecule has 0 bridgehead atoms. The summed E-state index contributed by atoms with van der Waals surface area (Å²) in [6, 6.07) is 6.24. The summed E-state index contributed by atoms with van der Waals surface area (Å²) in [5.41, 5.74) is 0.935. The van der Waals surface area contributed by atoms with Gasteiger partial charge >= 0.3 is 12.2 Å². The molecule has 0 aliphatic carbocycles. The van der Waals surface area contributed by atoms with Crippen LogP contribution in [-0.4, -0.2) is 55.7 Å². The van der Waals surface area contributed by atoms with Crippen LogP contribution in [0.1, 0.15) is 18.0 Å². The van der Waals surface area contributed by atoms with Crippen LogP contribution in [0.2, 0.25) is 5.02 Å². The molecule has 3 amide bonds. The van der Waals surface area contributed by atoms with Gasteiger partial charge in [-0.05, 0) is 11.6 Å². The zero-order chi connectivity index (χ0) is 19.2. The van der Waals surface area contributed by atoms with E-state index in [4.69, 9.17) is 11.6 Å². The molecule has 11 heteroatoms. The first-order valence-electron chi connectivity index (χ1n) is 8.10. The Bertz CT molecular complexity index is 646. The SMILES string of the molecule is Cl.O=C(CCN1CCNCC1c1ccccc1Cl)NC(=O)NCC(F)(F)F. The lowest BCUT2D eigenvalue weighted by Crippen LogP contribution is -2.48. The normalized spacial score (nSPS) is 17.7. The van der Waals surface area contributed by atoms with Crippen LogP contribution in [0.25, 0.3) is 0 Å². The number of nitrogens with one attached hydrogen (secondary N) is 3. The number of imide groups is 1. The molecule has 1 aromatic rings. The summed E-state index contributed by atoms with van der Waals surface area (Å²) in [6.07, 6.45) is -4.54. The summed E-state index contributed by atoms with van der Waals surface area (Å²) in [5, 5.41) is 7.39. The predicted molar refractivity (Wildman–Crippen MR) is 98.1 cm³/mol. The van der Waals surface area contributed by atoms with Crippen molar-refractivity contribution in [3.8, 4) is 0 Å². The molecular formula is C16H21Cl2F3N4O2. The number of hydrogen-bond acceptors (Lipinski definition) is 4. The molecule has 0 radical (unpaired) electrons. The van der Waals surface area contributed by atoms with Crippen LogP contribution >= 0.6 is 24.0 Å². The van der Waals surface area contributed by atoms with Crippen molar-refractivity contribution in [3.05, 3.63) is 34.9 Å². The molecule has 152 valence electrons. The number of carbonyl (C=O) groups is 2. The zero-order valence-corrected chi connectivity index (χ0v) is 15.9. The number of amides is 3. The van der Waals surface area contributed by atoms with Crippen molar-refractivity contribution in [3.63, 3.8) is 0 Å². The minimum Gasteiger partial charge on any atom is -0.329 e. The molecular weight excluding hydrogens is 408 g/mol. The molecule has 0 saturated carbocycles. The Morgan fingerprint density at radius 2 is 2.00 bits per heavy atom. The number of alkyl halides is 3. The molecule has 1 fully saturated rings. The highest BCUT2D eigenvalue weighted by Gasteiger charge is 2.28. The van der Waals surface area contributed by atoms with Crippen LogP contribution in [-0.2, 0) is 4.79 Å². The minimum absolute atomic E-state index is 0. The van der Waals surface area contributed by atoms with Crippen molar-refractivity contribution < 1.29 is 22.8 Å². The van der Waals surface area contributed by atoms with Crippen molar-refractivity contribution in [2.75, 3.05) is 32.7 Å². The Morgan fingerprint density at radius 3 is 2.67 bits per heavy atom.